The van der Waals surface area contributed by atoms with Gasteiger partial charge >= 0.3 is 6.03 Å². The maximum Gasteiger partial charge on any atom is 0.315 e. The van der Waals surface area contributed by atoms with E-state index in [9.17, 15) is 10.1 Å². The highest BCUT2D eigenvalue weighted by molar-refractivity contribution is 9.10. The number of nitrogens with one attached hydrogen (secondary N) is 2. The number of hydrogen-bond donors (Lipinski definition) is 3. The van der Waals surface area contributed by atoms with Gasteiger partial charge in [0.1, 0.15) is 17.5 Å². The molecule has 0 aliphatic heterocycles. The van der Waals surface area contributed by atoms with E-state index in [0.717, 1.165) is 15.7 Å². The number of aryl methyl sites for hydroxylation is 1. The van der Waals surface area contributed by atoms with Crippen LogP contribution in [0.5, 0.6) is 0 Å². The van der Waals surface area contributed by atoms with E-state index in [0.29, 0.717) is 36.5 Å². The fourth-order valence-electron chi connectivity index (χ4n) is 3.15. The van der Waals surface area contributed by atoms with Gasteiger partial charge in [-0.15, -0.1) is 0 Å². The van der Waals surface area contributed by atoms with Gasteiger partial charge in [-0.3, -0.25) is 0 Å². The number of nitrogen functional groups attached to an aromatic ring is 1. The third-order valence-corrected chi connectivity index (χ3v) is 5.42. The van der Waals surface area contributed by atoms with Gasteiger partial charge in [-0.1, -0.05) is 52.3 Å². The summed E-state index contributed by atoms with van der Waals surface area (Å²) in [5.74, 6) is 0.326. The lowest BCUT2D eigenvalue weighted by molar-refractivity contribution is 0.237. The van der Waals surface area contributed by atoms with Crippen LogP contribution in [0.1, 0.15) is 36.2 Å². The summed E-state index contributed by atoms with van der Waals surface area (Å²) < 4.78 is 2.53. The predicted molar refractivity (Wildman–Crippen MR) is 120 cm³/mol. The molecule has 0 saturated carbocycles. The van der Waals surface area contributed by atoms with Crippen molar-refractivity contribution in [2.24, 2.45) is 0 Å². The number of urea groups is 1. The second kappa shape index (κ2) is 9.94. The highest BCUT2D eigenvalue weighted by Crippen LogP contribution is 2.23. The van der Waals surface area contributed by atoms with Crippen LogP contribution in [0.4, 0.5) is 10.6 Å². The van der Waals surface area contributed by atoms with E-state index in [-0.39, 0.29) is 12.1 Å². The maximum absolute atomic E-state index is 12.2. The normalized spacial score (nSPS) is 11.5. The van der Waals surface area contributed by atoms with Crippen molar-refractivity contribution in [3.8, 4) is 11.8 Å². The molecule has 7 nitrogen and oxygen atoms in total. The summed E-state index contributed by atoms with van der Waals surface area (Å²) in [6.07, 6.45) is 1.17. The van der Waals surface area contributed by atoms with E-state index in [1.807, 2.05) is 61.5 Å². The number of amides is 2. The Morgan fingerprint density at radius 2 is 1.93 bits per heavy atom. The monoisotopic (exact) mass is 466 g/mol. The van der Waals surface area contributed by atoms with Crippen molar-refractivity contribution in [1.82, 2.24) is 20.4 Å². The molecular weight excluding hydrogens is 444 g/mol. The van der Waals surface area contributed by atoms with E-state index in [1.54, 1.807) is 4.68 Å². The summed E-state index contributed by atoms with van der Waals surface area (Å²) in [6.45, 7) is 2.38. The second-order valence-electron chi connectivity index (χ2n) is 6.81. The van der Waals surface area contributed by atoms with Crippen LogP contribution in [0.3, 0.4) is 0 Å². The number of hydrogen-bond acceptors (Lipinski definition) is 4. The molecule has 1 atom stereocenters. The van der Waals surface area contributed by atoms with Crippen LogP contribution < -0.4 is 16.4 Å². The summed E-state index contributed by atoms with van der Waals surface area (Å²) >= 11 is 3.50. The molecular formula is C22H23BrN6O. The van der Waals surface area contributed by atoms with Crippen molar-refractivity contribution in [3.63, 3.8) is 0 Å². The number of halogens is 1. The van der Waals surface area contributed by atoms with Gasteiger partial charge in [0, 0.05) is 11.0 Å². The van der Waals surface area contributed by atoms with Crippen LogP contribution >= 0.6 is 15.9 Å². The number of benzene rings is 2. The van der Waals surface area contributed by atoms with Crippen molar-refractivity contribution in [1.29, 1.82) is 5.26 Å². The zero-order chi connectivity index (χ0) is 21.5. The summed E-state index contributed by atoms with van der Waals surface area (Å²) in [5, 5.41) is 19.7. The molecule has 1 unspecified atom stereocenters. The number of rotatable bonds is 7. The molecule has 0 aliphatic rings. The zero-order valence-corrected chi connectivity index (χ0v) is 18.2. The van der Waals surface area contributed by atoms with Crippen molar-refractivity contribution < 1.29 is 4.79 Å². The Kier molecular flexibility index (Phi) is 7.09. The van der Waals surface area contributed by atoms with Gasteiger partial charge in [0.2, 0.25) is 0 Å². The lowest BCUT2D eigenvalue weighted by Crippen LogP contribution is -2.37. The number of aromatic nitrogens is 2. The Morgan fingerprint density at radius 3 is 2.63 bits per heavy atom. The minimum Gasteiger partial charge on any atom is -0.382 e. The van der Waals surface area contributed by atoms with Gasteiger partial charge < -0.3 is 16.4 Å². The maximum atomic E-state index is 12.2. The fourth-order valence-corrected chi connectivity index (χ4v) is 3.78. The number of carbonyl (C=O) groups excluding carboxylic acids is 1. The lowest BCUT2D eigenvalue weighted by atomic mass is 10.1. The SMILES string of the molecule is CC(NC(=O)NCCCc1nn(-c2ccccc2)c(N)c1C#N)c1ccccc1Br. The minimum absolute atomic E-state index is 0.132. The first kappa shape index (κ1) is 21.4. The van der Waals surface area contributed by atoms with Crippen molar-refractivity contribution >= 4 is 27.8 Å². The van der Waals surface area contributed by atoms with Crippen LogP contribution in [0, 0.1) is 11.3 Å². The Hall–Kier alpha value is -3.31. The van der Waals surface area contributed by atoms with E-state index < -0.39 is 0 Å². The van der Waals surface area contributed by atoms with E-state index in [4.69, 9.17) is 5.73 Å². The molecule has 1 aromatic heterocycles. The molecule has 0 bridgehead atoms. The standard InChI is InChI=1S/C22H23BrN6O/c1-15(17-10-5-6-11-19(17)23)27-22(30)26-13-7-12-20-18(14-24)21(25)29(28-20)16-8-3-2-4-9-16/h2-6,8-11,15H,7,12-13,25H2,1H3,(H2,26,27,30). The fraction of sp³-hybridized carbons (Fsp3) is 0.227. The molecule has 2 aromatic carbocycles. The smallest absolute Gasteiger partial charge is 0.315 e. The molecule has 2 amide bonds. The molecule has 0 fully saturated rings. The minimum atomic E-state index is -0.243. The Labute approximate surface area is 184 Å². The molecule has 8 heteroatoms. The molecule has 4 N–H and O–H groups in total. The highest BCUT2D eigenvalue weighted by atomic mass is 79.9. The molecule has 3 rings (SSSR count). The average Bonchev–Trinajstić information content (AvgIpc) is 3.07. The molecule has 0 radical (unpaired) electrons. The first-order valence-electron chi connectivity index (χ1n) is 9.63. The van der Waals surface area contributed by atoms with E-state index in [1.165, 1.54) is 0 Å². The van der Waals surface area contributed by atoms with Crippen LogP contribution in [-0.4, -0.2) is 22.4 Å². The van der Waals surface area contributed by atoms with Gasteiger partial charge in [-0.2, -0.15) is 10.4 Å². The van der Waals surface area contributed by atoms with Crippen LogP contribution in [0.25, 0.3) is 5.69 Å². The van der Waals surface area contributed by atoms with Gasteiger partial charge in [0.05, 0.1) is 17.4 Å². The van der Waals surface area contributed by atoms with E-state index >= 15 is 0 Å². The third kappa shape index (κ3) is 4.99. The molecule has 0 aliphatic carbocycles. The largest absolute Gasteiger partial charge is 0.382 e. The molecule has 0 saturated heterocycles. The quantitative estimate of drug-likeness (QED) is 0.455. The highest BCUT2D eigenvalue weighted by Gasteiger charge is 2.16. The Balaban J connectivity index is 1.54. The summed E-state index contributed by atoms with van der Waals surface area (Å²) in [6, 6.07) is 19.0. The number of para-hydroxylation sites is 1. The van der Waals surface area contributed by atoms with Crippen LogP contribution in [-0.2, 0) is 6.42 Å². The lowest BCUT2D eigenvalue weighted by Gasteiger charge is -2.16. The zero-order valence-electron chi connectivity index (χ0n) is 16.6. The number of carbonyl (C=O) groups is 1. The molecule has 154 valence electrons. The first-order valence-corrected chi connectivity index (χ1v) is 10.4. The average molecular weight is 467 g/mol. The number of nitrogens with zero attached hydrogens (tertiary/aromatic N) is 3. The Morgan fingerprint density at radius 1 is 1.23 bits per heavy atom. The molecule has 1 heterocycles. The van der Waals surface area contributed by atoms with Crippen molar-refractivity contribution in [2.75, 3.05) is 12.3 Å². The van der Waals surface area contributed by atoms with Crippen molar-refractivity contribution in [2.45, 2.75) is 25.8 Å². The van der Waals surface area contributed by atoms with E-state index in [2.05, 4.69) is 37.7 Å². The van der Waals surface area contributed by atoms with Gasteiger partial charge in [0.25, 0.3) is 0 Å². The predicted octanol–water partition coefficient (Wildman–Crippen LogP) is 4.08. The number of anilines is 1. The second-order valence-corrected chi connectivity index (χ2v) is 7.67. The van der Waals surface area contributed by atoms with Gasteiger partial charge in [-0.25, -0.2) is 9.48 Å². The first-order chi connectivity index (χ1) is 14.5. The van der Waals surface area contributed by atoms with Gasteiger partial charge in [-0.05, 0) is 43.5 Å². The number of nitriles is 1. The summed E-state index contributed by atoms with van der Waals surface area (Å²) in [4.78, 5) is 12.2. The number of nitrogens with two attached hydrogens (primary N) is 1. The topological polar surface area (TPSA) is 109 Å². The molecule has 30 heavy (non-hydrogen) atoms. The Bertz CT molecular complexity index is 1060. The summed E-state index contributed by atoms with van der Waals surface area (Å²) in [7, 11) is 0. The molecule has 0 spiro atoms. The summed E-state index contributed by atoms with van der Waals surface area (Å²) in [5.41, 5.74) is 8.93. The van der Waals surface area contributed by atoms with Crippen molar-refractivity contribution in [3.05, 3.63) is 75.9 Å². The van der Waals surface area contributed by atoms with Crippen LogP contribution in [0.2, 0.25) is 0 Å². The molecule has 3 aromatic rings. The van der Waals surface area contributed by atoms with Crippen LogP contribution in [0.15, 0.2) is 59.1 Å². The van der Waals surface area contributed by atoms with Gasteiger partial charge in [0.15, 0.2) is 0 Å². The third-order valence-electron chi connectivity index (χ3n) is 4.70.